The number of pyridine rings is 1. The normalized spacial score (nSPS) is 12.3. The van der Waals surface area contributed by atoms with Crippen molar-refractivity contribution in [2.24, 2.45) is 0 Å². The molecule has 1 rings (SSSR count). The van der Waals surface area contributed by atoms with Crippen molar-refractivity contribution in [2.75, 3.05) is 6.54 Å². The maximum atomic E-state index is 10.3. The van der Waals surface area contributed by atoms with Crippen LogP contribution in [0.1, 0.15) is 44.2 Å². The second-order valence-electron chi connectivity index (χ2n) is 4.16. The van der Waals surface area contributed by atoms with Crippen LogP contribution < -0.4 is 5.32 Å². The molecule has 0 spiro atoms. The fourth-order valence-electron chi connectivity index (χ4n) is 1.67. The Kier molecular flexibility index (Phi) is 6.25. The first-order valence-electron chi connectivity index (χ1n) is 6.05. The van der Waals surface area contributed by atoms with E-state index < -0.39 is 5.97 Å². The first kappa shape index (κ1) is 13.6. The molecule has 0 aliphatic rings. The number of hydrogen-bond donors (Lipinski definition) is 2. The number of carboxylic acid groups (broad SMARTS) is 1. The molecule has 0 aliphatic carbocycles. The Balaban J connectivity index is 2.09. The fraction of sp³-hybridized carbons (Fsp3) is 0.538. The van der Waals surface area contributed by atoms with Gasteiger partial charge in [0.25, 0.3) is 0 Å². The van der Waals surface area contributed by atoms with E-state index in [9.17, 15) is 4.79 Å². The molecule has 0 saturated heterocycles. The topological polar surface area (TPSA) is 62.2 Å². The predicted molar refractivity (Wildman–Crippen MR) is 66.8 cm³/mol. The molecule has 2 N–H and O–H groups in total. The van der Waals surface area contributed by atoms with Crippen LogP contribution in [0.3, 0.4) is 0 Å². The molecule has 1 aromatic rings. The summed E-state index contributed by atoms with van der Waals surface area (Å²) in [7, 11) is 0. The van der Waals surface area contributed by atoms with Gasteiger partial charge in [-0.05, 0) is 44.0 Å². The first-order valence-corrected chi connectivity index (χ1v) is 6.05. The molecule has 1 atom stereocenters. The number of hydrogen-bond acceptors (Lipinski definition) is 3. The van der Waals surface area contributed by atoms with Gasteiger partial charge in [0.2, 0.25) is 0 Å². The van der Waals surface area contributed by atoms with Crippen LogP contribution in [0.2, 0.25) is 0 Å². The molecule has 1 heterocycles. The number of rotatable bonds is 8. The van der Waals surface area contributed by atoms with Gasteiger partial charge in [0.15, 0.2) is 0 Å². The van der Waals surface area contributed by atoms with E-state index in [2.05, 4.69) is 17.2 Å². The highest BCUT2D eigenvalue weighted by Gasteiger charge is 2.03. The average Bonchev–Trinajstić information content (AvgIpc) is 2.34. The van der Waals surface area contributed by atoms with Gasteiger partial charge in [-0.25, -0.2) is 0 Å². The van der Waals surface area contributed by atoms with Crippen molar-refractivity contribution in [1.82, 2.24) is 10.3 Å². The second-order valence-corrected chi connectivity index (χ2v) is 4.16. The second kappa shape index (κ2) is 7.79. The molecule has 0 bridgehead atoms. The monoisotopic (exact) mass is 236 g/mol. The van der Waals surface area contributed by atoms with Gasteiger partial charge in [0, 0.05) is 24.9 Å². The zero-order valence-corrected chi connectivity index (χ0v) is 10.2. The van der Waals surface area contributed by atoms with Gasteiger partial charge in [0.1, 0.15) is 0 Å². The Morgan fingerprint density at radius 1 is 1.35 bits per heavy atom. The number of carboxylic acids is 1. The molecular weight excluding hydrogens is 216 g/mol. The Morgan fingerprint density at radius 2 is 2.06 bits per heavy atom. The van der Waals surface area contributed by atoms with Crippen LogP contribution in [-0.4, -0.2) is 22.6 Å². The van der Waals surface area contributed by atoms with E-state index in [1.165, 1.54) is 5.56 Å². The highest BCUT2D eigenvalue weighted by Crippen LogP contribution is 2.10. The van der Waals surface area contributed by atoms with Crippen molar-refractivity contribution in [3.8, 4) is 0 Å². The van der Waals surface area contributed by atoms with E-state index >= 15 is 0 Å². The highest BCUT2D eigenvalue weighted by atomic mass is 16.4. The average molecular weight is 236 g/mol. The van der Waals surface area contributed by atoms with Gasteiger partial charge in [-0.3, -0.25) is 9.78 Å². The lowest BCUT2D eigenvalue weighted by molar-refractivity contribution is -0.137. The first-order chi connectivity index (χ1) is 8.20. The van der Waals surface area contributed by atoms with Crippen LogP contribution in [0.25, 0.3) is 0 Å². The summed E-state index contributed by atoms with van der Waals surface area (Å²) in [5, 5.41) is 11.9. The Labute approximate surface area is 102 Å². The molecule has 17 heavy (non-hydrogen) atoms. The van der Waals surface area contributed by atoms with Crippen molar-refractivity contribution in [3.05, 3.63) is 30.1 Å². The predicted octanol–water partition coefficient (Wildman–Crippen LogP) is 2.38. The van der Waals surface area contributed by atoms with Crippen LogP contribution in [0.15, 0.2) is 24.5 Å². The van der Waals surface area contributed by atoms with Gasteiger partial charge in [-0.2, -0.15) is 0 Å². The van der Waals surface area contributed by atoms with Crippen molar-refractivity contribution in [1.29, 1.82) is 0 Å². The van der Waals surface area contributed by atoms with Crippen LogP contribution in [0.4, 0.5) is 0 Å². The summed E-state index contributed by atoms with van der Waals surface area (Å²) in [4.78, 5) is 14.3. The standard InChI is InChI=1S/C13H20N2O2/c1-11(12-6-9-14-10-7-12)15-8-4-2-3-5-13(16)17/h6-7,9-11,15H,2-5,8H2,1H3,(H,16,17)/t11-/m1/s1. The van der Waals surface area contributed by atoms with E-state index in [0.717, 1.165) is 25.8 Å². The molecule has 0 unspecified atom stereocenters. The van der Waals surface area contributed by atoms with E-state index in [1.807, 2.05) is 12.1 Å². The zero-order chi connectivity index (χ0) is 12.5. The lowest BCUT2D eigenvalue weighted by Crippen LogP contribution is -2.19. The van der Waals surface area contributed by atoms with E-state index in [1.54, 1.807) is 12.4 Å². The van der Waals surface area contributed by atoms with Crippen molar-refractivity contribution < 1.29 is 9.90 Å². The third kappa shape index (κ3) is 6.02. The van der Waals surface area contributed by atoms with Gasteiger partial charge >= 0.3 is 5.97 Å². The quantitative estimate of drug-likeness (QED) is 0.680. The van der Waals surface area contributed by atoms with E-state index in [0.29, 0.717) is 6.04 Å². The minimum absolute atomic E-state index is 0.278. The van der Waals surface area contributed by atoms with E-state index in [4.69, 9.17) is 5.11 Å². The summed E-state index contributed by atoms with van der Waals surface area (Å²) in [6.45, 7) is 3.04. The lowest BCUT2D eigenvalue weighted by Gasteiger charge is -2.13. The Hall–Kier alpha value is -1.42. The molecule has 0 fully saturated rings. The largest absolute Gasteiger partial charge is 0.481 e. The van der Waals surface area contributed by atoms with Crippen molar-refractivity contribution in [2.45, 2.75) is 38.6 Å². The van der Waals surface area contributed by atoms with Gasteiger partial charge in [-0.1, -0.05) is 6.42 Å². The summed E-state index contributed by atoms with van der Waals surface area (Å²) in [5.74, 6) is -0.705. The zero-order valence-electron chi connectivity index (χ0n) is 10.2. The van der Waals surface area contributed by atoms with Gasteiger partial charge in [0.05, 0.1) is 0 Å². The number of unbranched alkanes of at least 4 members (excludes halogenated alkanes) is 2. The molecule has 4 nitrogen and oxygen atoms in total. The highest BCUT2D eigenvalue weighted by molar-refractivity contribution is 5.66. The molecule has 0 amide bonds. The molecule has 0 saturated carbocycles. The van der Waals surface area contributed by atoms with Gasteiger partial charge < -0.3 is 10.4 Å². The number of aliphatic carboxylic acids is 1. The van der Waals surface area contributed by atoms with Crippen molar-refractivity contribution in [3.63, 3.8) is 0 Å². The van der Waals surface area contributed by atoms with Crippen LogP contribution >= 0.6 is 0 Å². The molecule has 0 aliphatic heterocycles. The third-order valence-electron chi connectivity index (χ3n) is 2.72. The minimum Gasteiger partial charge on any atom is -0.481 e. The molecule has 0 radical (unpaired) electrons. The lowest BCUT2D eigenvalue weighted by atomic mass is 10.1. The number of aromatic nitrogens is 1. The summed E-state index contributed by atoms with van der Waals surface area (Å²) >= 11 is 0. The molecule has 4 heteroatoms. The van der Waals surface area contributed by atoms with Crippen molar-refractivity contribution >= 4 is 5.97 Å². The SMILES string of the molecule is C[C@@H](NCCCCCC(=O)O)c1ccncc1. The summed E-state index contributed by atoms with van der Waals surface area (Å²) in [5.41, 5.74) is 1.23. The fourth-order valence-corrected chi connectivity index (χ4v) is 1.67. The third-order valence-corrected chi connectivity index (χ3v) is 2.72. The molecular formula is C13H20N2O2. The number of carbonyl (C=O) groups is 1. The maximum Gasteiger partial charge on any atom is 0.303 e. The molecule has 1 aromatic heterocycles. The molecule has 94 valence electrons. The van der Waals surface area contributed by atoms with Crippen LogP contribution in [-0.2, 0) is 4.79 Å². The van der Waals surface area contributed by atoms with Crippen LogP contribution in [0, 0.1) is 0 Å². The molecule has 0 aromatic carbocycles. The summed E-state index contributed by atoms with van der Waals surface area (Å²) < 4.78 is 0. The minimum atomic E-state index is -0.705. The number of nitrogens with zero attached hydrogens (tertiary/aromatic N) is 1. The number of nitrogens with one attached hydrogen (secondary N) is 1. The Bertz CT molecular complexity index is 327. The summed E-state index contributed by atoms with van der Waals surface area (Å²) in [6, 6.07) is 4.32. The van der Waals surface area contributed by atoms with E-state index in [-0.39, 0.29) is 6.42 Å². The van der Waals surface area contributed by atoms with Crippen LogP contribution in [0.5, 0.6) is 0 Å². The van der Waals surface area contributed by atoms with Gasteiger partial charge in [-0.15, -0.1) is 0 Å². The smallest absolute Gasteiger partial charge is 0.303 e. The Morgan fingerprint density at radius 3 is 2.71 bits per heavy atom. The maximum absolute atomic E-state index is 10.3. The summed E-state index contributed by atoms with van der Waals surface area (Å²) in [6.07, 6.45) is 6.60.